The summed E-state index contributed by atoms with van der Waals surface area (Å²) in [4.78, 5) is 23.6. The molecule has 3 rings (SSSR count). The van der Waals surface area contributed by atoms with E-state index in [1.807, 2.05) is 19.2 Å². The summed E-state index contributed by atoms with van der Waals surface area (Å²) in [5.74, 6) is 0.685. The smallest absolute Gasteiger partial charge is 0.270 e. The summed E-state index contributed by atoms with van der Waals surface area (Å²) in [6.45, 7) is 2.83. The van der Waals surface area contributed by atoms with E-state index in [1.165, 1.54) is 32.1 Å². The molecule has 1 fully saturated rings. The Morgan fingerprint density at radius 1 is 1.32 bits per heavy atom. The van der Waals surface area contributed by atoms with Crippen LogP contribution in [0.4, 0.5) is 5.95 Å². The molecule has 28 heavy (non-hydrogen) atoms. The Labute approximate surface area is 169 Å². The van der Waals surface area contributed by atoms with Crippen LogP contribution in [0.2, 0.25) is 0 Å². The lowest BCUT2D eigenvalue weighted by atomic mass is 9.96. The van der Waals surface area contributed by atoms with Crippen molar-refractivity contribution in [3.8, 4) is 0 Å². The van der Waals surface area contributed by atoms with Crippen LogP contribution in [-0.2, 0) is 6.54 Å². The number of aromatic nitrogens is 3. The van der Waals surface area contributed by atoms with Crippen LogP contribution in [0.25, 0.3) is 11.0 Å². The molecular formula is C22H35N5O. The Hall–Kier alpha value is -2.37. The van der Waals surface area contributed by atoms with Crippen molar-refractivity contribution in [2.45, 2.75) is 70.9 Å². The van der Waals surface area contributed by atoms with Gasteiger partial charge in [0.2, 0.25) is 5.95 Å². The van der Waals surface area contributed by atoms with Gasteiger partial charge in [-0.05, 0) is 45.1 Å². The predicted molar refractivity (Wildman–Crippen MR) is 117 cm³/mol. The number of nitrogens with one attached hydrogen (secondary N) is 1. The summed E-state index contributed by atoms with van der Waals surface area (Å²) in [7, 11) is 3.58. The molecule has 1 saturated carbocycles. The average Bonchev–Trinajstić information content (AvgIpc) is 3.06. The summed E-state index contributed by atoms with van der Waals surface area (Å²) >= 11 is 0. The van der Waals surface area contributed by atoms with E-state index in [0.29, 0.717) is 17.7 Å². The van der Waals surface area contributed by atoms with Crippen LogP contribution in [0.1, 0.15) is 70.2 Å². The summed E-state index contributed by atoms with van der Waals surface area (Å²) < 4.78 is 2.07. The highest BCUT2D eigenvalue weighted by Gasteiger charge is 2.20. The number of fused-ring (bicyclic) bond motifs is 1. The summed E-state index contributed by atoms with van der Waals surface area (Å²) in [5.41, 5.74) is 1.54. The lowest BCUT2D eigenvalue weighted by molar-refractivity contribution is 0.0817. The molecule has 6 heteroatoms. The number of unbranched alkanes of at least 4 members (excludes halogenated alkanes) is 2. The van der Waals surface area contributed by atoms with Crippen molar-refractivity contribution in [1.82, 2.24) is 19.4 Å². The third kappa shape index (κ3) is 4.91. The molecule has 0 aliphatic heterocycles. The number of anilines is 1. The number of hydrogen-bond donors (Lipinski definition) is 1. The van der Waals surface area contributed by atoms with Crippen molar-refractivity contribution in [3.63, 3.8) is 0 Å². The zero-order chi connectivity index (χ0) is 19.9. The fourth-order valence-corrected chi connectivity index (χ4v) is 3.87. The Morgan fingerprint density at radius 3 is 2.82 bits per heavy atom. The molecule has 0 aromatic carbocycles. The highest BCUT2D eigenvalue weighted by Crippen LogP contribution is 2.23. The number of amides is 1. The first-order chi connectivity index (χ1) is 13.6. The van der Waals surface area contributed by atoms with E-state index in [9.17, 15) is 4.79 Å². The number of allylic oxidation sites excluding steroid dienone is 2. The van der Waals surface area contributed by atoms with Gasteiger partial charge in [-0.3, -0.25) is 4.79 Å². The van der Waals surface area contributed by atoms with Gasteiger partial charge in [-0.25, -0.2) is 4.98 Å². The van der Waals surface area contributed by atoms with Crippen molar-refractivity contribution in [2.75, 3.05) is 19.4 Å². The molecule has 1 amide bonds. The van der Waals surface area contributed by atoms with Crippen LogP contribution in [0, 0.1) is 0 Å². The largest absolute Gasteiger partial charge is 0.351 e. The lowest BCUT2D eigenvalue weighted by Crippen LogP contribution is -2.25. The molecule has 0 bridgehead atoms. The van der Waals surface area contributed by atoms with Gasteiger partial charge >= 0.3 is 0 Å². The van der Waals surface area contributed by atoms with Crippen LogP contribution >= 0.6 is 0 Å². The first-order valence-corrected chi connectivity index (χ1v) is 10.6. The second kappa shape index (κ2) is 9.71. The topological polar surface area (TPSA) is 63.1 Å². The third-order valence-electron chi connectivity index (χ3n) is 5.44. The molecule has 1 N–H and O–H groups in total. The predicted octanol–water partition coefficient (Wildman–Crippen LogP) is 4.87. The van der Waals surface area contributed by atoms with E-state index in [2.05, 4.69) is 27.0 Å². The Balaban J connectivity index is 0.00000300. The molecule has 2 aromatic heterocycles. The molecule has 0 saturated heterocycles. The number of carbonyl (C=O) groups excluding carboxylic acids is 1. The molecule has 1 aliphatic rings. The van der Waals surface area contributed by atoms with E-state index in [0.717, 1.165) is 36.8 Å². The van der Waals surface area contributed by atoms with Gasteiger partial charge in [0.15, 0.2) is 0 Å². The van der Waals surface area contributed by atoms with Crippen molar-refractivity contribution in [2.24, 2.45) is 0 Å². The molecule has 0 radical (unpaired) electrons. The molecule has 0 atom stereocenters. The van der Waals surface area contributed by atoms with Gasteiger partial charge in [0.25, 0.3) is 5.91 Å². The van der Waals surface area contributed by atoms with Gasteiger partial charge in [-0.1, -0.05) is 31.4 Å². The van der Waals surface area contributed by atoms with Crippen LogP contribution < -0.4 is 5.32 Å². The van der Waals surface area contributed by atoms with Crippen molar-refractivity contribution in [1.29, 1.82) is 0 Å². The van der Waals surface area contributed by atoms with Gasteiger partial charge in [0, 0.05) is 39.7 Å². The normalized spacial score (nSPS) is 15.4. The molecule has 154 valence electrons. The van der Waals surface area contributed by atoms with Gasteiger partial charge in [-0.2, -0.15) is 4.98 Å². The second-order valence-corrected chi connectivity index (χ2v) is 7.90. The highest BCUT2D eigenvalue weighted by molar-refractivity contribution is 5.97. The number of carbonyl (C=O) groups is 1. The van der Waals surface area contributed by atoms with Crippen LogP contribution in [0.5, 0.6) is 0 Å². The van der Waals surface area contributed by atoms with E-state index in [-0.39, 0.29) is 7.33 Å². The fraction of sp³-hybridized carbons (Fsp3) is 0.591. The van der Waals surface area contributed by atoms with Crippen LogP contribution in [0.15, 0.2) is 24.4 Å². The van der Waals surface area contributed by atoms with E-state index in [1.54, 1.807) is 19.0 Å². The van der Waals surface area contributed by atoms with Gasteiger partial charge < -0.3 is 14.8 Å². The lowest BCUT2D eigenvalue weighted by Gasteiger charge is -2.22. The SMILES string of the molecule is C/C=C\CCCCn1c(C(=O)N(C)C)cc2cnc(NC3CCCCC3)nc21.[HH]. The van der Waals surface area contributed by atoms with Crippen LogP contribution in [0.3, 0.4) is 0 Å². The molecular weight excluding hydrogens is 350 g/mol. The minimum atomic E-state index is 0. The number of rotatable bonds is 8. The minimum absolute atomic E-state index is 0. The summed E-state index contributed by atoms with van der Waals surface area (Å²) in [6, 6.07) is 2.38. The van der Waals surface area contributed by atoms with E-state index < -0.39 is 0 Å². The summed E-state index contributed by atoms with van der Waals surface area (Å²) in [5, 5.41) is 4.43. The van der Waals surface area contributed by atoms with Crippen LogP contribution in [-0.4, -0.2) is 45.5 Å². The third-order valence-corrected chi connectivity index (χ3v) is 5.44. The standard InChI is InChI=1S/C22H33N5O.H2/c1-4-5-6-7-11-14-27-19(21(28)26(2)3)15-17-16-23-22(25-20(17)27)24-18-12-9-8-10-13-18;/h4-5,15-16,18H,6-14H2,1-3H3,(H,23,24,25);1H/b5-4-;. The van der Waals surface area contributed by atoms with Gasteiger partial charge in [-0.15, -0.1) is 0 Å². The van der Waals surface area contributed by atoms with E-state index >= 15 is 0 Å². The average molecular weight is 386 g/mol. The zero-order valence-corrected chi connectivity index (χ0v) is 17.4. The van der Waals surface area contributed by atoms with Crippen molar-refractivity contribution >= 4 is 22.9 Å². The second-order valence-electron chi connectivity index (χ2n) is 7.90. The zero-order valence-electron chi connectivity index (χ0n) is 17.4. The first-order valence-electron chi connectivity index (χ1n) is 10.6. The Morgan fingerprint density at radius 2 is 2.11 bits per heavy atom. The maximum absolute atomic E-state index is 12.7. The van der Waals surface area contributed by atoms with Gasteiger partial charge in [0.1, 0.15) is 11.3 Å². The first kappa shape index (κ1) is 20.4. The molecule has 1 aliphatic carbocycles. The molecule has 6 nitrogen and oxygen atoms in total. The number of hydrogen-bond acceptors (Lipinski definition) is 4. The van der Waals surface area contributed by atoms with E-state index in [4.69, 9.17) is 4.98 Å². The quantitative estimate of drug-likeness (QED) is 0.520. The molecule has 0 unspecified atom stereocenters. The fourth-order valence-electron chi connectivity index (χ4n) is 3.87. The number of aryl methyl sites for hydroxylation is 1. The van der Waals surface area contributed by atoms with Crippen molar-refractivity contribution in [3.05, 3.63) is 30.1 Å². The monoisotopic (exact) mass is 385 g/mol. The molecule has 2 heterocycles. The Bertz CT molecular complexity index is 824. The summed E-state index contributed by atoms with van der Waals surface area (Å²) in [6.07, 6.45) is 15.5. The van der Waals surface area contributed by atoms with Crippen molar-refractivity contribution < 1.29 is 6.22 Å². The maximum Gasteiger partial charge on any atom is 0.270 e. The maximum atomic E-state index is 12.7. The Kier molecular flexibility index (Phi) is 7.06. The van der Waals surface area contributed by atoms with Gasteiger partial charge in [0.05, 0.1) is 0 Å². The molecule has 0 spiro atoms. The number of nitrogens with zero attached hydrogens (tertiary/aromatic N) is 4. The molecule has 2 aromatic rings. The highest BCUT2D eigenvalue weighted by atomic mass is 16.2. The minimum Gasteiger partial charge on any atom is -0.351 e.